The number of carboxylic acids is 1. The van der Waals surface area contributed by atoms with Crippen molar-refractivity contribution < 1.29 is 18.3 Å². The van der Waals surface area contributed by atoms with Gasteiger partial charge in [-0.3, -0.25) is 14.4 Å². The van der Waals surface area contributed by atoms with Crippen LogP contribution in [0, 0.1) is 0 Å². The Kier molecular flexibility index (Phi) is 4.76. The Hall–Kier alpha value is -3.70. The van der Waals surface area contributed by atoms with E-state index in [2.05, 4.69) is 19.7 Å². The molecule has 0 amide bonds. The normalized spacial score (nSPS) is 12.9. The minimum absolute atomic E-state index is 0.0731. The van der Waals surface area contributed by atoms with E-state index >= 15 is 0 Å². The number of carbonyl (C=O) groups is 1. The first-order valence-electron chi connectivity index (χ1n) is 8.81. The number of rotatable bonds is 6. The molecule has 4 rings (SSSR count). The summed E-state index contributed by atoms with van der Waals surface area (Å²) in [6, 6.07) is 9.55. The molecule has 0 aliphatic rings. The van der Waals surface area contributed by atoms with Gasteiger partial charge in [-0.05, 0) is 29.8 Å². The maximum atomic E-state index is 12.8. The maximum absolute atomic E-state index is 12.8. The summed E-state index contributed by atoms with van der Waals surface area (Å²) in [7, 11) is -4.23. The number of sulfonamides is 1. The van der Waals surface area contributed by atoms with E-state index in [4.69, 9.17) is 0 Å². The van der Waals surface area contributed by atoms with Crippen molar-refractivity contribution in [1.82, 2.24) is 19.7 Å². The number of hydrogen-bond donors (Lipinski definition) is 5. The van der Waals surface area contributed by atoms with Crippen LogP contribution >= 0.6 is 0 Å². The fourth-order valence-electron chi connectivity index (χ4n) is 3.22. The van der Waals surface area contributed by atoms with Crippen LogP contribution in [0.4, 0.5) is 0 Å². The summed E-state index contributed by atoms with van der Waals surface area (Å²) >= 11 is 0. The summed E-state index contributed by atoms with van der Waals surface area (Å²) in [4.78, 5) is 42.0. The molecule has 0 bridgehead atoms. The monoisotopic (exact) mass is 428 g/mol. The molecule has 10 nitrogen and oxygen atoms in total. The standard InChI is InChI=1S/C19H16N4O6S/c24-17-18(25)22-15-8-11(5-6-14(15)21-17)30(28,29)23-16(19(26)27)7-10-9-20-13-4-2-1-3-12(10)13/h1-6,8-9,16,20,23H,7H2,(H,21,24)(H,22,25)(H,26,27)/t16-/m1/s1. The minimum atomic E-state index is -4.23. The third kappa shape index (κ3) is 3.63. The Balaban J connectivity index is 1.66. The Labute approximate surface area is 168 Å². The summed E-state index contributed by atoms with van der Waals surface area (Å²) in [5.41, 5.74) is 0.0276. The van der Waals surface area contributed by atoms with Crippen LogP contribution in [-0.2, 0) is 21.2 Å². The highest BCUT2D eigenvalue weighted by Gasteiger charge is 2.27. The SMILES string of the molecule is O=C(O)[C@@H](Cc1c[nH]c2ccccc12)NS(=O)(=O)c1ccc2[nH]c(=O)c(=O)[nH]c2c1. The van der Waals surface area contributed by atoms with E-state index in [0.717, 1.165) is 17.0 Å². The minimum Gasteiger partial charge on any atom is -0.480 e. The molecule has 0 aliphatic carbocycles. The first-order valence-corrected chi connectivity index (χ1v) is 10.3. The lowest BCUT2D eigenvalue weighted by molar-refractivity contribution is -0.138. The summed E-state index contributed by atoms with van der Waals surface area (Å²) in [6.45, 7) is 0. The molecule has 0 unspecified atom stereocenters. The van der Waals surface area contributed by atoms with Gasteiger partial charge in [-0.15, -0.1) is 0 Å². The molecule has 0 fully saturated rings. The highest BCUT2D eigenvalue weighted by molar-refractivity contribution is 7.89. The number of aromatic nitrogens is 3. The molecule has 2 heterocycles. The van der Waals surface area contributed by atoms with Gasteiger partial charge in [0.25, 0.3) is 0 Å². The molecule has 0 radical (unpaired) electrons. The van der Waals surface area contributed by atoms with Gasteiger partial charge in [0, 0.05) is 23.5 Å². The molecule has 0 aliphatic heterocycles. The van der Waals surface area contributed by atoms with E-state index in [0.29, 0.717) is 5.56 Å². The number of nitrogens with one attached hydrogen (secondary N) is 4. The lowest BCUT2D eigenvalue weighted by Crippen LogP contribution is -2.42. The van der Waals surface area contributed by atoms with Gasteiger partial charge >= 0.3 is 17.1 Å². The van der Waals surface area contributed by atoms with Gasteiger partial charge in [-0.25, -0.2) is 8.42 Å². The number of fused-ring (bicyclic) bond motifs is 2. The van der Waals surface area contributed by atoms with Crippen molar-refractivity contribution >= 4 is 37.9 Å². The van der Waals surface area contributed by atoms with Gasteiger partial charge in [0.15, 0.2) is 0 Å². The van der Waals surface area contributed by atoms with Crippen LogP contribution in [0.5, 0.6) is 0 Å². The first kappa shape index (κ1) is 19.6. The van der Waals surface area contributed by atoms with Crippen LogP contribution in [0.1, 0.15) is 5.56 Å². The van der Waals surface area contributed by atoms with Crippen molar-refractivity contribution in [3.63, 3.8) is 0 Å². The van der Waals surface area contributed by atoms with Crippen LogP contribution in [-0.4, -0.2) is 40.5 Å². The van der Waals surface area contributed by atoms with Crippen molar-refractivity contribution in [3.8, 4) is 0 Å². The van der Waals surface area contributed by atoms with E-state index < -0.39 is 33.2 Å². The number of H-pyrrole nitrogens is 3. The van der Waals surface area contributed by atoms with Crippen LogP contribution < -0.4 is 15.8 Å². The summed E-state index contributed by atoms with van der Waals surface area (Å²) in [5.74, 6) is -1.33. The predicted octanol–water partition coefficient (Wildman–Crippen LogP) is 0.672. The van der Waals surface area contributed by atoms with Crippen molar-refractivity contribution in [1.29, 1.82) is 0 Å². The fourth-order valence-corrected chi connectivity index (χ4v) is 4.43. The van der Waals surface area contributed by atoms with Gasteiger partial charge < -0.3 is 20.1 Å². The second-order valence-electron chi connectivity index (χ2n) is 6.69. The number of carboxylic acid groups (broad SMARTS) is 1. The van der Waals surface area contributed by atoms with E-state index in [9.17, 15) is 27.9 Å². The van der Waals surface area contributed by atoms with Crippen LogP contribution in [0.15, 0.2) is 63.1 Å². The number of aromatic amines is 3. The van der Waals surface area contributed by atoms with Crippen molar-refractivity contribution in [2.24, 2.45) is 0 Å². The molecular weight excluding hydrogens is 412 g/mol. The molecule has 11 heteroatoms. The summed E-state index contributed by atoms with van der Waals surface area (Å²) in [5, 5.41) is 10.4. The zero-order valence-corrected chi connectivity index (χ0v) is 16.1. The van der Waals surface area contributed by atoms with Crippen molar-refractivity contribution in [3.05, 3.63) is 74.9 Å². The second kappa shape index (κ2) is 7.28. The second-order valence-corrected chi connectivity index (χ2v) is 8.41. The Bertz CT molecular complexity index is 1500. The molecule has 2 aromatic heterocycles. The smallest absolute Gasteiger partial charge is 0.322 e. The zero-order chi connectivity index (χ0) is 21.5. The Morgan fingerprint density at radius 2 is 1.70 bits per heavy atom. The van der Waals surface area contributed by atoms with Crippen LogP contribution in [0.2, 0.25) is 0 Å². The average Bonchev–Trinajstić information content (AvgIpc) is 3.11. The van der Waals surface area contributed by atoms with Crippen LogP contribution in [0.25, 0.3) is 21.9 Å². The Morgan fingerprint density at radius 1 is 1.00 bits per heavy atom. The highest BCUT2D eigenvalue weighted by atomic mass is 32.2. The van der Waals surface area contributed by atoms with E-state index in [-0.39, 0.29) is 22.3 Å². The molecule has 0 saturated heterocycles. The zero-order valence-electron chi connectivity index (χ0n) is 15.3. The summed E-state index contributed by atoms with van der Waals surface area (Å²) in [6.07, 6.45) is 1.57. The third-order valence-electron chi connectivity index (χ3n) is 4.70. The molecule has 4 aromatic rings. The van der Waals surface area contributed by atoms with Crippen LogP contribution in [0.3, 0.4) is 0 Å². The van der Waals surface area contributed by atoms with Gasteiger partial charge in [-0.2, -0.15) is 4.72 Å². The Morgan fingerprint density at radius 3 is 2.43 bits per heavy atom. The molecule has 0 saturated carbocycles. The summed E-state index contributed by atoms with van der Waals surface area (Å²) < 4.78 is 27.8. The predicted molar refractivity (Wildman–Crippen MR) is 109 cm³/mol. The van der Waals surface area contributed by atoms with Crippen molar-refractivity contribution in [2.75, 3.05) is 0 Å². The van der Waals surface area contributed by atoms with E-state index in [1.807, 2.05) is 18.2 Å². The van der Waals surface area contributed by atoms with Crippen molar-refractivity contribution in [2.45, 2.75) is 17.4 Å². The molecular formula is C19H16N4O6S. The topological polar surface area (TPSA) is 165 Å². The molecule has 5 N–H and O–H groups in total. The lowest BCUT2D eigenvalue weighted by atomic mass is 10.1. The third-order valence-corrected chi connectivity index (χ3v) is 6.17. The molecule has 30 heavy (non-hydrogen) atoms. The quantitative estimate of drug-likeness (QED) is 0.283. The van der Waals surface area contributed by atoms with E-state index in [1.54, 1.807) is 12.3 Å². The number of para-hydroxylation sites is 1. The number of benzene rings is 2. The number of aliphatic carboxylic acids is 1. The first-order chi connectivity index (χ1) is 14.2. The molecule has 154 valence electrons. The fraction of sp³-hybridized carbons (Fsp3) is 0.105. The highest BCUT2D eigenvalue weighted by Crippen LogP contribution is 2.20. The van der Waals surface area contributed by atoms with Gasteiger partial charge in [0.05, 0.1) is 15.9 Å². The largest absolute Gasteiger partial charge is 0.480 e. The molecule has 2 aromatic carbocycles. The average molecular weight is 428 g/mol. The number of hydrogen-bond acceptors (Lipinski definition) is 5. The molecule has 1 atom stereocenters. The van der Waals surface area contributed by atoms with E-state index in [1.165, 1.54) is 12.1 Å². The lowest BCUT2D eigenvalue weighted by Gasteiger charge is -2.15. The molecule has 0 spiro atoms. The van der Waals surface area contributed by atoms with Gasteiger partial charge in [0.1, 0.15) is 6.04 Å². The van der Waals surface area contributed by atoms with Gasteiger partial charge in [-0.1, -0.05) is 18.2 Å². The van der Waals surface area contributed by atoms with Gasteiger partial charge in [0.2, 0.25) is 10.0 Å². The maximum Gasteiger partial charge on any atom is 0.322 e.